The smallest absolute Gasteiger partial charge is 0.238 e. The number of amides is 1. The minimum absolute atomic E-state index is 0.173. The Bertz CT molecular complexity index is 595. The van der Waals surface area contributed by atoms with Crippen LogP contribution >= 0.6 is 0 Å². The Morgan fingerprint density at radius 1 is 1.15 bits per heavy atom. The SMILES string of the molecule is CN(CC(O)CN1CCC(C(N)=O)(N2CCCCC2)CC1)c1ccccc1. The average molecular weight is 375 g/mol. The third-order valence-electron chi connectivity index (χ3n) is 6.25. The molecule has 1 aromatic rings. The van der Waals surface area contributed by atoms with Gasteiger partial charge in [0.2, 0.25) is 5.91 Å². The van der Waals surface area contributed by atoms with Gasteiger partial charge in [-0.1, -0.05) is 24.6 Å². The van der Waals surface area contributed by atoms with Gasteiger partial charge in [-0.05, 0) is 50.9 Å². The van der Waals surface area contributed by atoms with E-state index in [0.29, 0.717) is 13.1 Å². The number of β-amino-alcohol motifs (C(OH)–C–C–N with tert-alkyl or cyclic N) is 1. The van der Waals surface area contributed by atoms with Gasteiger partial charge in [0, 0.05) is 38.9 Å². The van der Waals surface area contributed by atoms with Gasteiger partial charge in [0.05, 0.1) is 6.10 Å². The van der Waals surface area contributed by atoms with Crippen LogP contribution in [-0.4, -0.2) is 78.8 Å². The van der Waals surface area contributed by atoms with Crippen molar-refractivity contribution in [3.8, 4) is 0 Å². The highest BCUT2D eigenvalue weighted by molar-refractivity contribution is 5.84. The lowest BCUT2D eigenvalue weighted by atomic mass is 9.83. The number of nitrogens with zero attached hydrogens (tertiary/aromatic N) is 3. The maximum atomic E-state index is 12.3. The van der Waals surface area contributed by atoms with E-state index in [4.69, 9.17) is 5.73 Å². The van der Waals surface area contributed by atoms with Crippen LogP contribution in [0.1, 0.15) is 32.1 Å². The predicted octanol–water partition coefficient (Wildman–Crippen LogP) is 1.29. The zero-order valence-electron chi connectivity index (χ0n) is 16.5. The van der Waals surface area contributed by atoms with Crippen LogP contribution < -0.4 is 10.6 Å². The Labute approximate surface area is 162 Å². The number of hydrogen-bond donors (Lipinski definition) is 2. The Morgan fingerprint density at radius 3 is 2.37 bits per heavy atom. The van der Waals surface area contributed by atoms with E-state index in [1.807, 2.05) is 37.4 Å². The first-order valence-electron chi connectivity index (χ1n) is 10.2. The summed E-state index contributed by atoms with van der Waals surface area (Å²) in [5, 5.41) is 10.5. The van der Waals surface area contributed by atoms with Crippen molar-refractivity contribution in [1.82, 2.24) is 9.80 Å². The van der Waals surface area contributed by atoms with Crippen LogP contribution in [0.15, 0.2) is 30.3 Å². The van der Waals surface area contributed by atoms with Crippen molar-refractivity contribution in [2.45, 2.75) is 43.7 Å². The highest BCUT2D eigenvalue weighted by atomic mass is 16.3. The van der Waals surface area contributed by atoms with Crippen LogP contribution in [0.4, 0.5) is 5.69 Å². The average Bonchev–Trinajstić information content (AvgIpc) is 2.69. The number of carbonyl (C=O) groups excluding carboxylic acids is 1. The fourth-order valence-corrected chi connectivity index (χ4v) is 4.61. The second-order valence-corrected chi connectivity index (χ2v) is 8.11. The Balaban J connectivity index is 1.51. The summed E-state index contributed by atoms with van der Waals surface area (Å²) >= 11 is 0. The molecule has 0 aliphatic carbocycles. The zero-order valence-corrected chi connectivity index (χ0v) is 16.5. The molecule has 27 heavy (non-hydrogen) atoms. The fourth-order valence-electron chi connectivity index (χ4n) is 4.61. The van der Waals surface area contributed by atoms with Gasteiger partial charge < -0.3 is 20.6 Å². The number of rotatable bonds is 7. The molecule has 1 amide bonds. The van der Waals surface area contributed by atoms with Crippen LogP contribution in [0.2, 0.25) is 0 Å². The molecule has 3 rings (SSSR count). The number of likely N-dealkylation sites (tertiary alicyclic amines) is 2. The summed E-state index contributed by atoms with van der Waals surface area (Å²) in [6, 6.07) is 10.1. The molecule has 2 saturated heterocycles. The number of para-hydroxylation sites is 1. The number of likely N-dealkylation sites (N-methyl/N-ethyl adjacent to an activating group) is 1. The quantitative estimate of drug-likeness (QED) is 0.752. The molecule has 6 nitrogen and oxygen atoms in total. The number of piperidine rings is 2. The third-order valence-corrected chi connectivity index (χ3v) is 6.25. The largest absolute Gasteiger partial charge is 0.390 e. The molecule has 0 aromatic heterocycles. The van der Waals surface area contributed by atoms with Crippen molar-refractivity contribution < 1.29 is 9.90 Å². The molecule has 0 spiro atoms. The topological polar surface area (TPSA) is 73.0 Å². The van der Waals surface area contributed by atoms with Gasteiger partial charge in [-0.2, -0.15) is 0 Å². The van der Waals surface area contributed by atoms with Gasteiger partial charge in [-0.15, -0.1) is 0 Å². The van der Waals surface area contributed by atoms with E-state index < -0.39 is 11.6 Å². The van der Waals surface area contributed by atoms with Crippen molar-refractivity contribution in [2.24, 2.45) is 5.73 Å². The minimum Gasteiger partial charge on any atom is -0.390 e. The Hall–Kier alpha value is -1.63. The highest BCUT2D eigenvalue weighted by Gasteiger charge is 2.45. The summed E-state index contributed by atoms with van der Waals surface area (Å²) in [7, 11) is 2.00. The lowest BCUT2D eigenvalue weighted by Crippen LogP contribution is -2.63. The number of nitrogens with two attached hydrogens (primary N) is 1. The lowest BCUT2D eigenvalue weighted by Gasteiger charge is -2.48. The molecule has 0 saturated carbocycles. The number of aliphatic hydroxyl groups is 1. The number of benzene rings is 1. The molecular weight excluding hydrogens is 340 g/mol. The standard InChI is InChI=1S/C21H34N4O2/c1-23(18-8-4-2-5-9-18)16-19(26)17-24-14-10-21(11-15-24,20(22)27)25-12-6-3-7-13-25/h2,4-5,8-9,19,26H,3,6-7,10-17H2,1H3,(H2,22,27). The second kappa shape index (κ2) is 9.04. The van der Waals surface area contributed by atoms with Crippen molar-refractivity contribution in [3.05, 3.63) is 30.3 Å². The van der Waals surface area contributed by atoms with E-state index in [-0.39, 0.29) is 5.91 Å². The number of anilines is 1. The van der Waals surface area contributed by atoms with Gasteiger partial charge >= 0.3 is 0 Å². The van der Waals surface area contributed by atoms with Gasteiger partial charge in [-0.25, -0.2) is 0 Å². The van der Waals surface area contributed by atoms with Crippen molar-refractivity contribution >= 4 is 11.6 Å². The van der Waals surface area contributed by atoms with E-state index in [1.54, 1.807) is 0 Å². The van der Waals surface area contributed by atoms with Crippen molar-refractivity contribution in [3.63, 3.8) is 0 Å². The van der Waals surface area contributed by atoms with Gasteiger partial charge in [0.15, 0.2) is 0 Å². The highest BCUT2D eigenvalue weighted by Crippen LogP contribution is 2.31. The van der Waals surface area contributed by atoms with E-state index in [1.165, 1.54) is 6.42 Å². The summed E-state index contributed by atoms with van der Waals surface area (Å²) in [6.45, 7) is 4.80. The first kappa shape index (κ1) is 20.1. The summed E-state index contributed by atoms with van der Waals surface area (Å²) in [5.41, 5.74) is 6.48. The molecule has 150 valence electrons. The summed E-state index contributed by atoms with van der Waals surface area (Å²) in [5.74, 6) is -0.173. The Kier molecular flexibility index (Phi) is 6.73. The van der Waals surface area contributed by atoms with Crippen LogP contribution in [0.3, 0.4) is 0 Å². The molecule has 1 unspecified atom stereocenters. The Morgan fingerprint density at radius 2 is 1.78 bits per heavy atom. The van der Waals surface area contributed by atoms with Crippen LogP contribution in [0, 0.1) is 0 Å². The molecule has 2 fully saturated rings. The number of carbonyl (C=O) groups is 1. The molecule has 6 heteroatoms. The predicted molar refractivity (Wildman–Crippen MR) is 109 cm³/mol. The van der Waals surface area contributed by atoms with E-state index in [2.05, 4.69) is 14.7 Å². The second-order valence-electron chi connectivity index (χ2n) is 8.11. The van der Waals surface area contributed by atoms with Crippen molar-refractivity contribution in [2.75, 3.05) is 51.2 Å². The normalized spacial score (nSPS) is 22.3. The van der Waals surface area contributed by atoms with Gasteiger partial charge in [-0.3, -0.25) is 9.69 Å². The molecule has 2 aliphatic heterocycles. The summed E-state index contributed by atoms with van der Waals surface area (Å²) in [6.07, 6.45) is 4.67. The maximum absolute atomic E-state index is 12.3. The molecule has 1 atom stereocenters. The first-order valence-corrected chi connectivity index (χ1v) is 10.2. The number of aliphatic hydroxyl groups excluding tert-OH is 1. The molecule has 3 N–H and O–H groups in total. The molecule has 0 radical (unpaired) electrons. The first-order chi connectivity index (χ1) is 13.0. The fraction of sp³-hybridized carbons (Fsp3) is 0.667. The van der Waals surface area contributed by atoms with Crippen LogP contribution in [-0.2, 0) is 4.79 Å². The van der Waals surface area contributed by atoms with Crippen molar-refractivity contribution in [1.29, 1.82) is 0 Å². The number of primary amides is 1. The zero-order chi connectivity index (χ0) is 19.3. The molecule has 0 bridgehead atoms. The number of hydrogen-bond acceptors (Lipinski definition) is 5. The molecule has 2 aliphatic rings. The van der Waals surface area contributed by atoms with Gasteiger partial charge in [0.1, 0.15) is 5.54 Å². The van der Waals surface area contributed by atoms with E-state index >= 15 is 0 Å². The summed E-state index contributed by atoms with van der Waals surface area (Å²) < 4.78 is 0. The summed E-state index contributed by atoms with van der Waals surface area (Å²) in [4.78, 5) is 19.0. The third kappa shape index (κ3) is 4.81. The van der Waals surface area contributed by atoms with Crippen LogP contribution in [0.5, 0.6) is 0 Å². The molecule has 2 heterocycles. The molecular formula is C21H34N4O2. The van der Waals surface area contributed by atoms with Crippen LogP contribution in [0.25, 0.3) is 0 Å². The van der Waals surface area contributed by atoms with Gasteiger partial charge in [0.25, 0.3) is 0 Å². The maximum Gasteiger partial charge on any atom is 0.238 e. The minimum atomic E-state index is -0.483. The van der Waals surface area contributed by atoms with E-state index in [9.17, 15) is 9.90 Å². The van der Waals surface area contributed by atoms with E-state index in [0.717, 1.165) is 57.5 Å². The monoisotopic (exact) mass is 374 g/mol. The lowest BCUT2D eigenvalue weighted by molar-refractivity contribution is -0.135. The molecule has 1 aromatic carbocycles.